The molecule has 0 spiro atoms. The van der Waals surface area contributed by atoms with Crippen LogP contribution in [0.3, 0.4) is 0 Å². The zero-order valence-electron chi connectivity index (χ0n) is 17.3. The molecule has 0 aliphatic heterocycles. The van der Waals surface area contributed by atoms with E-state index in [1.54, 1.807) is 18.7 Å². The van der Waals surface area contributed by atoms with Crippen molar-refractivity contribution in [2.24, 2.45) is 7.05 Å². The van der Waals surface area contributed by atoms with E-state index in [0.29, 0.717) is 28.3 Å². The number of anilines is 1. The van der Waals surface area contributed by atoms with Gasteiger partial charge in [-0.15, -0.1) is 0 Å². The van der Waals surface area contributed by atoms with Gasteiger partial charge in [-0.05, 0) is 42.9 Å². The van der Waals surface area contributed by atoms with Crippen LogP contribution in [-0.4, -0.2) is 33.0 Å². The van der Waals surface area contributed by atoms with Crippen molar-refractivity contribution in [2.75, 3.05) is 4.72 Å². The molecule has 0 unspecified atom stereocenters. The van der Waals surface area contributed by atoms with Crippen molar-refractivity contribution in [2.45, 2.75) is 51.9 Å². The van der Waals surface area contributed by atoms with Crippen LogP contribution in [0.2, 0.25) is 0 Å². The van der Waals surface area contributed by atoms with Crippen molar-refractivity contribution in [3.05, 3.63) is 47.2 Å². The molecule has 1 aromatic carbocycles. The molecule has 0 fully saturated rings. The minimum Gasteiger partial charge on any atom is -0.274 e. The highest BCUT2D eigenvalue weighted by Gasteiger charge is 2.26. The monoisotopic (exact) mass is 402 g/mol. The van der Waals surface area contributed by atoms with Crippen LogP contribution in [0.25, 0.3) is 5.82 Å². The molecule has 0 bridgehead atoms. The second-order valence-corrected chi connectivity index (χ2v) is 9.66. The molecule has 28 heavy (non-hydrogen) atoms. The summed E-state index contributed by atoms with van der Waals surface area (Å²) >= 11 is 0. The third-order valence-corrected chi connectivity index (χ3v) is 6.31. The summed E-state index contributed by atoms with van der Waals surface area (Å²) in [7, 11) is -2.09. The summed E-state index contributed by atoms with van der Waals surface area (Å²) in [4.78, 5) is 4.22. The molecule has 0 saturated carbocycles. The Balaban J connectivity index is 2.10. The topological polar surface area (TPSA) is 94.7 Å². The molecule has 150 valence electrons. The van der Waals surface area contributed by atoms with E-state index < -0.39 is 10.0 Å². The Morgan fingerprint density at radius 2 is 1.68 bits per heavy atom. The first-order chi connectivity index (χ1) is 12.9. The van der Waals surface area contributed by atoms with Gasteiger partial charge in [-0.3, -0.25) is 4.72 Å². The van der Waals surface area contributed by atoms with Gasteiger partial charge in [0.1, 0.15) is 18.3 Å². The van der Waals surface area contributed by atoms with E-state index in [1.807, 2.05) is 26.0 Å². The number of sulfonamides is 1. The highest BCUT2D eigenvalue weighted by Crippen LogP contribution is 2.32. The summed E-state index contributed by atoms with van der Waals surface area (Å²) in [5, 5.41) is 8.44. The average molecular weight is 403 g/mol. The van der Waals surface area contributed by atoms with Gasteiger partial charge in [-0.2, -0.15) is 10.2 Å². The highest BCUT2D eigenvalue weighted by atomic mass is 32.2. The third kappa shape index (κ3) is 3.54. The molecule has 0 saturated heterocycles. The number of aromatic nitrogens is 5. The smallest absolute Gasteiger partial charge is 0.262 e. The zero-order valence-corrected chi connectivity index (χ0v) is 18.1. The van der Waals surface area contributed by atoms with Crippen LogP contribution in [0, 0.1) is 20.8 Å². The summed E-state index contributed by atoms with van der Waals surface area (Å²) in [6, 6.07) is 3.88. The number of benzene rings is 1. The number of nitrogens with zero attached hydrogens (tertiary/aromatic N) is 5. The molecule has 8 nitrogen and oxygen atoms in total. The summed E-state index contributed by atoms with van der Waals surface area (Å²) in [6.45, 7) is 11.7. The lowest BCUT2D eigenvalue weighted by Crippen LogP contribution is -2.19. The summed E-state index contributed by atoms with van der Waals surface area (Å²) in [5.74, 6) is 0.500. The molecular formula is C19H26N6O2S. The van der Waals surface area contributed by atoms with Gasteiger partial charge in [0.15, 0.2) is 5.82 Å². The van der Waals surface area contributed by atoms with Crippen LogP contribution >= 0.6 is 0 Å². The molecule has 0 aliphatic carbocycles. The van der Waals surface area contributed by atoms with E-state index in [1.165, 1.54) is 17.3 Å². The number of rotatable bonds is 4. The first-order valence-electron chi connectivity index (χ1n) is 8.95. The van der Waals surface area contributed by atoms with E-state index >= 15 is 0 Å². The molecule has 9 heteroatoms. The van der Waals surface area contributed by atoms with E-state index in [0.717, 1.165) is 5.56 Å². The fraction of sp³-hybridized carbons (Fsp3) is 0.421. The Kier molecular flexibility index (Phi) is 4.82. The fourth-order valence-corrected chi connectivity index (χ4v) is 4.91. The summed E-state index contributed by atoms with van der Waals surface area (Å²) < 4.78 is 32.4. The van der Waals surface area contributed by atoms with Crippen molar-refractivity contribution >= 4 is 15.7 Å². The standard InChI is InChI=1S/C19H26N6O2S/c1-12-8-15(19(4,5)6)9-13(2)17(12)28(26,27)23-16-14(3)22-24(7)18(16)25-11-20-10-21-25/h8-11,23H,1-7H3. The van der Waals surface area contributed by atoms with Crippen LogP contribution in [0.4, 0.5) is 5.69 Å². The number of nitrogens with one attached hydrogen (secondary N) is 1. The van der Waals surface area contributed by atoms with Gasteiger partial charge in [-0.25, -0.2) is 22.8 Å². The van der Waals surface area contributed by atoms with Gasteiger partial charge in [-0.1, -0.05) is 32.9 Å². The molecule has 2 aromatic heterocycles. The fourth-order valence-electron chi connectivity index (χ4n) is 3.34. The highest BCUT2D eigenvalue weighted by molar-refractivity contribution is 7.92. The molecule has 2 heterocycles. The van der Waals surface area contributed by atoms with Gasteiger partial charge in [0.05, 0.1) is 10.6 Å². The third-order valence-electron chi connectivity index (χ3n) is 4.66. The Morgan fingerprint density at radius 3 is 2.18 bits per heavy atom. The molecule has 0 atom stereocenters. The molecule has 1 N–H and O–H groups in total. The number of hydrogen-bond acceptors (Lipinski definition) is 5. The second kappa shape index (κ2) is 6.73. The van der Waals surface area contributed by atoms with Crippen LogP contribution in [0.15, 0.2) is 29.7 Å². The normalized spacial score (nSPS) is 12.4. The van der Waals surface area contributed by atoms with Crippen LogP contribution in [0.1, 0.15) is 43.2 Å². The maximum atomic E-state index is 13.3. The molecule has 0 radical (unpaired) electrons. The van der Waals surface area contributed by atoms with Crippen molar-refractivity contribution in [3.63, 3.8) is 0 Å². The minimum absolute atomic E-state index is 0.0640. The lowest BCUT2D eigenvalue weighted by atomic mass is 9.85. The SMILES string of the molecule is Cc1cc(C(C)(C)C)cc(C)c1S(=O)(=O)Nc1c(C)nn(C)c1-n1cncn1. The number of hydrogen-bond donors (Lipinski definition) is 1. The van der Waals surface area contributed by atoms with E-state index in [-0.39, 0.29) is 10.3 Å². The van der Waals surface area contributed by atoms with Gasteiger partial charge in [0.25, 0.3) is 10.0 Å². The van der Waals surface area contributed by atoms with Crippen LogP contribution in [-0.2, 0) is 22.5 Å². The van der Waals surface area contributed by atoms with Crippen molar-refractivity contribution in [1.29, 1.82) is 0 Å². The predicted molar refractivity (Wildman–Crippen MR) is 108 cm³/mol. The van der Waals surface area contributed by atoms with E-state index in [4.69, 9.17) is 0 Å². The number of aryl methyl sites for hydroxylation is 4. The van der Waals surface area contributed by atoms with Crippen LogP contribution < -0.4 is 4.72 Å². The molecule has 3 aromatic rings. The quantitative estimate of drug-likeness (QED) is 0.724. The molecule has 0 aliphatic rings. The van der Waals surface area contributed by atoms with Crippen molar-refractivity contribution in [1.82, 2.24) is 24.5 Å². The van der Waals surface area contributed by atoms with Gasteiger partial charge in [0, 0.05) is 7.05 Å². The maximum absolute atomic E-state index is 13.3. The van der Waals surface area contributed by atoms with E-state index in [9.17, 15) is 8.42 Å². The largest absolute Gasteiger partial charge is 0.274 e. The van der Waals surface area contributed by atoms with Gasteiger partial charge >= 0.3 is 0 Å². The second-order valence-electron chi connectivity index (χ2n) is 8.04. The predicted octanol–water partition coefficient (Wildman–Crippen LogP) is 3.02. The Bertz CT molecular complexity index is 1100. The summed E-state index contributed by atoms with van der Waals surface area (Å²) in [6.07, 6.45) is 2.89. The zero-order chi connectivity index (χ0) is 20.9. The Morgan fingerprint density at radius 1 is 1.07 bits per heavy atom. The molecular weight excluding hydrogens is 376 g/mol. The van der Waals surface area contributed by atoms with Crippen molar-refractivity contribution < 1.29 is 8.42 Å². The lowest BCUT2D eigenvalue weighted by Gasteiger charge is -2.22. The summed E-state index contributed by atoms with van der Waals surface area (Å²) in [5.41, 5.74) is 3.39. The maximum Gasteiger partial charge on any atom is 0.262 e. The molecule has 0 amide bonds. The van der Waals surface area contributed by atoms with Crippen molar-refractivity contribution in [3.8, 4) is 5.82 Å². The molecule has 3 rings (SSSR count). The lowest BCUT2D eigenvalue weighted by molar-refractivity contribution is 0.585. The van der Waals surface area contributed by atoms with E-state index in [2.05, 4.69) is 40.7 Å². The Labute approximate surface area is 165 Å². The van der Waals surface area contributed by atoms with Gasteiger partial charge < -0.3 is 0 Å². The Hall–Kier alpha value is -2.68. The first kappa shape index (κ1) is 20.1. The first-order valence-corrected chi connectivity index (χ1v) is 10.4. The minimum atomic E-state index is -3.82. The van der Waals surface area contributed by atoms with Crippen LogP contribution in [0.5, 0.6) is 0 Å². The van der Waals surface area contributed by atoms with Gasteiger partial charge in [0.2, 0.25) is 0 Å². The average Bonchev–Trinajstić information content (AvgIpc) is 3.14.